The van der Waals surface area contributed by atoms with E-state index in [4.69, 9.17) is 5.73 Å². The number of hydrogen-bond donors (Lipinski definition) is 1. The van der Waals surface area contributed by atoms with E-state index in [2.05, 4.69) is 0 Å². The Morgan fingerprint density at radius 2 is 1.05 bits per heavy atom. The molecular formula is C19H27NO. The Morgan fingerprint density at radius 1 is 0.762 bits per heavy atom. The Morgan fingerprint density at radius 3 is 1.29 bits per heavy atom. The molecule has 0 saturated carbocycles. The molecule has 2 nitrogen and oxygen atoms in total. The Labute approximate surface area is 129 Å². The number of carbonyl (C=O) groups is 1. The van der Waals surface area contributed by atoms with E-state index >= 15 is 0 Å². The second kappa shape index (κ2) is 9.89. The van der Waals surface area contributed by atoms with Crippen LogP contribution in [0.25, 0.3) is 0 Å². The molecule has 0 saturated heterocycles. The normalized spacial score (nSPS) is 9.62. The molecule has 0 bridgehead atoms. The molecule has 0 aromatic heterocycles. The van der Waals surface area contributed by atoms with E-state index in [0.717, 1.165) is 11.1 Å². The predicted octanol–water partition coefficient (Wildman–Crippen LogP) is 4.53. The van der Waals surface area contributed by atoms with Crippen LogP contribution in [0.2, 0.25) is 0 Å². The molecule has 2 N–H and O–H groups in total. The van der Waals surface area contributed by atoms with Crippen LogP contribution in [0.4, 0.5) is 0 Å². The van der Waals surface area contributed by atoms with E-state index < -0.39 is 5.54 Å². The zero-order chi connectivity index (χ0) is 16.3. The molecule has 2 aromatic carbocycles. The highest BCUT2D eigenvalue weighted by atomic mass is 16.1. The number of ketones is 1. The summed E-state index contributed by atoms with van der Waals surface area (Å²) in [6.45, 7) is 9.53. The van der Waals surface area contributed by atoms with Crippen molar-refractivity contribution < 1.29 is 4.79 Å². The first-order valence-electron chi connectivity index (χ1n) is 7.56. The Hall–Kier alpha value is -1.93. The summed E-state index contributed by atoms with van der Waals surface area (Å²) in [5, 5.41) is 0. The van der Waals surface area contributed by atoms with Crippen LogP contribution < -0.4 is 5.73 Å². The average Bonchev–Trinajstić information content (AvgIpc) is 2.59. The van der Waals surface area contributed by atoms with E-state index in [1.165, 1.54) is 6.92 Å². The minimum Gasteiger partial charge on any atom is -0.312 e. The highest BCUT2D eigenvalue weighted by Crippen LogP contribution is 2.27. The van der Waals surface area contributed by atoms with Gasteiger partial charge in [0.15, 0.2) is 5.78 Å². The van der Waals surface area contributed by atoms with Crippen LogP contribution in [0.3, 0.4) is 0 Å². The number of Topliss-reactive ketones (excluding diaryl/α,β-unsaturated/α-hetero) is 1. The molecule has 0 radical (unpaired) electrons. The second-order valence-corrected chi connectivity index (χ2v) is 4.10. The molecule has 114 valence electrons. The van der Waals surface area contributed by atoms with Crippen molar-refractivity contribution >= 4 is 5.78 Å². The van der Waals surface area contributed by atoms with Gasteiger partial charge in [0.25, 0.3) is 0 Å². The van der Waals surface area contributed by atoms with E-state index in [-0.39, 0.29) is 5.78 Å². The largest absolute Gasteiger partial charge is 0.312 e. The van der Waals surface area contributed by atoms with Crippen molar-refractivity contribution in [3.63, 3.8) is 0 Å². The molecule has 0 aliphatic carbocycles. The number of nitrogens with two attached hydrogens (primary N) is 1. The quantitative estimate of drug-likeness (QED) is 0.900. The van der Waals surface area contributed by atoms with Crippen molar-refractivity contribution in [3.05, 3.63) is 71.8 Å². The molecule has 0 aliphatic rings. The summed E-state index contributed by atoms with van der Waals surface area (Å²) in [6.07, 6.45) is 0. The lowest BCUT2D eigenvalue weighted by Crippen LogP contribution is -2.44. The molecule has 0 aliphatic heterocycles. The lowest BCUT2D eigenvalue weighted by molar-refractivity contribution is -0.120. The summed E-state index contributed by atoms with van der Waals surface area (Å²) in [7, 11) is 0. The first kappa shape index (κ1) is 19.1. The topological polar surface area (TPSA) is 43.1 Å². The Kier molecular flexibility index (Phi) is 8.98. The smallest absolute Gasteiger partial charge is 0.158 e. The molecule has 0 fully saturated rings. The number of carbonyl (C=O) groups excluding carboxylic acids is 1. The summed E-state index contributed by atoms with van der Waals surface area (Å²) >= 11 is 0. The lowest BCUT2D eigenvalue weighted by atomic mass is 9.81. The van der Waals surface area contributed by atoms with Gasteiger partial charge in [0, 0.05) is 0 Å². The highest BCUT2D eigenvalue weighted by molar-refractivity contribution is 5.91. The van der Waals surface area contributed by atoms with Gasteiger partial charge in [0.2, 0.25) is 0 Å². The maximum Gasteiger partial charge on any atom is 0.158 e. The molecule has 21 heavy (non-hydrogen) atoms. The van der Waals surface area contributed by atoms with Gasteiger partial charge in [-0.1, -0.05) is 88.4 Å². The van der Waals surface area contributed by atoms with Crippen LogP contribution in [0.15, 0.2) is 60.7 Å². The van der Waals surface area contributed by atoms with E-state index in [0.29, 0.717) is 0 Å². The molecular weight excluding hydrogens is 258 g/mol. The monoisotopic (exact) mass is 285 g/mol. The number of benzene rings is 2. The predicted molar refractivity (Wildman–Crippen MR) is 91.2 cm³/mol. The standard InChI is InChI=1S/C15H15NO.2C2H6/c1-12(17)15(16,13-8-4-2-5-9-13)14-10-6-3-7-11-14;2*1-2/h2-11H,16H2,1H3;2*1-2H3. The van der Waals surface area contributed by atoms with Crippen LogP contribution in [0, 0.1) is 0 Å². The maximum atomic E-state index is 11.9. The SMILES string of the molecule is CC.CC.CC(=O)C(N)(c1ccccc1)c1ccccc1. The van der Waals surface area contributed by atoms with Gasteiger partial charge in [-0.25, -0.2) is 0 Å². The fourth-order valence-corrected chi connectivity index (χ4v) is 1.98. The summed E-state index contributed by atoms with van der Waals surface area (Å²) in [5.74, 6) is -0.0603. The molecule has 0 heterocycles. The summed E-state index contributed by atoms with van der Waals surface area (Å²) in [5.41, 5.74) is 6.92. The van der Waals surface area contributed by atoms with Crippen LogP contribution >= 0.6 is 0 Å². The third-order valence-electron chi connectivity index (χ3n) is 3.01. The fourth-order valence-electron chi connectivity index (χ4n) is 1.98. The van der Waals surface area contributed by atoms with Gasteiger partial charge >= 0.3 is 0 Å². The molecule has 2 heteroatoms. The van der Waals surface area contributed by atoms with Gasteiger partial charge in [-0.3, -0.25) is 4.79 Å². The summed E-state index contributed by atoms with van der Waals surface area (Å²) in [4.78, 5) is 11.9. The number of hydrogen-bond acceptors (Lipinski definition) is 2. The molecule has 2 aromatic rings. The molecule has 0 spiro atoms. The molecule has 2 rings (SSSR count). The van der Waals surface area contributed by atoms with E-state index in [9.17, 15) is 4.79 Å². The van der Waals surface area contributed by atoms with E-state index in [1.807, 2.05) is 88.4 Å². The maximum absolute atomic E-state index is 11.9. The average molecular weight is 285 g/mol. The van der Waals surface area contributed by atoms with Crippen molar-refractivity contribution in [1.29, 1.82) is 0 Å². The summed E-state index contributed by atoms with van der Waals surface area (Å²) in [6, 6.07) is 18.9. The van der Waals surface area contributed by atoms with Gasteiger partial charge in [-0.15, -0.1) is 0 Å². The van der Waals surface area contributed by atoms with Gasteiger partial charge < -0.3 is 5.73 Å². The minimum absolute atomic E-state index is 0.0603. The van der Waals surface area contributed by atoms with Gasteiger partial charge in [-0.2, -0.15) is 0 Å². The van der Waals surface area contributed by atoms with Crippen molar-refractivity contribution in [2.24, 2.45) is 5.73 Å². The van der Waals surface area contributed by atoms with Crippen molar-refractivity contribution in [2.75, 3.05) is 0 Å². The Balaban J connectivity index is 0.000000921. The minimum atomic E-state index is -1.05. The lowest BCUT2D eigenvalue weighted by Gasteiger charge is -2.27. The van der Waals surface area contributed by atoms with Crippen molar-refractivity contribution in [1.82, 2.24) is 0 Å². The van der Waals surface area contributed by atoms with Gasteiger partial charge in [0.1, 0.15) is 5.54 Å². The zero-order valence-corrected chi connectivity index (χ0v) is 13.8. The second-order valence-electron chi connectivity index (χ2n) is 4.10. The van der Waals surface area contributed by atoms with Crippen molar-refractivity contribution in [2.45, 2.75) is 40.2 Å². The Bertz CT molecular complexity index is 466. The van der Waals surface area contributed by atoms with Crippen LogP contribution in [0.1, 0.15) is 45.7 Å². The van der Waals surface area contributed by atoms with Gasteiger partial charge in [-0.05, 0) is 18.1 Å². The first-order valence-corrected chi connectivity index (χ1v) is 7.56. The van der Waals surface area contributed by atoms with Crippen molar-refractivity contribution in [3.8, 4) is 0 Å². The van der Waals surface area contributed by atoms with Gasteiger partial charge in [0.05, 0.1) is 0 Å². The molecule has 0 atom stereocenters. The molecule has 0 unspecified atom stereocenters. The number of rotatable bonds is 3. The van der Waals surface area contributed by atoms with Crippen LogP contribution in [0.5, 0.6) is 0 Å². The zero-order valence-electron chi connectivity index (χ0n) is 13.8. The highest BCUT2D eigenvalue weighted by Gasteiger charge is 2.34. The third-order valence-corrected chi connectivity index (χ3v) is 3.01. The molecule has 0 amide bonds. The van der Waals surface area contributed by atoms with Crippen LogP contribution in [-0.2, 0) is 10.3 Å². The van der Waals surface area contributed by atoms with Crippen LogP contribution in [-0.4, -0.2) is 5.78 Å². The van der Waals surface area contributed by atoms with E-state index in [1.54, 1.807) is 0 Å². The summed E-state index contributed by atoms with van der Waals surface area (Å²) < 4.78 is 0. The third kappa shape index (κ3) is 4.54. The fraction of sp³-hybridized carbons (Fsp3) is 0.316. The first-order chi connectivity index (χ1) is 10.2.